The fourth-order valence-corrected chi connectivity index (χ4v) is 2.76. The third-order valence-corrected chi connectivity index (χ3v) is 3.68. The molecule has 1 aliphatic carbocycles. The van der Waals surface area contributed by atoms with Crippen molar-refractivity contribution in [2.45, 2.75) is 57.2 Å². The molecule has 2 nitrogen and oxygen atoms in total. The number of nitrogens with one attached hydrogen (secondary N) is 1. The maximum atomic E-state index is 3.58. The Hall–Kier alpha value is -0.0800. The van der Waals surface area contributed by atoms with Gasteiger partial charge >= 0.3 is 0 Å². The van der Waals surface area contributed by atoms with Gasteiger partial charge in [-0.15, -0.1) is 0 Å². The zero-order valence-corrected chi connectivity index (χ0v) is 8.76. The average Bonchev–Trinajstić information content (AvgIpc) is 2.71. The minimum Gasteiger partial charge on any atom is -0.302 e. The number of rotatable bonds is 2. The second-order valence-corrected chi connectivity index (χ2v) is 4.57. The van der Waals surface area contributed by atoms with Crippen molar-refractivity contribution in [2.24, 2.45) is 0 Å². The second kappa shape index (κ2) is 4.43. The van der Waals surface area contributed by atoms with E-state index in [1.54, 1.807) is 0 Å². The van der Waals surface area contributed by atoms with Gasteiger partial charge < -0.3 is 5.32 Å². The lowest BCUT2D eigenvalue weighted by atomic mass is 9.94. The zero-order valence-electron chi connectivity index (χ0n) is 8.76. The van der Waals surface area contributed by atoms with Crippen LogP contribution in [0.4, 0.5) is 0 Å². The first-order valence-corrected chi connectivity index (χ1v) is 5.83. The summed E-state index contributed by atoms with van der Waals surface area (Å²) in [6.45, 7) is 1.22. The number of hydrogen-bond acceptors (Lipinski definition) is 2. The highest BCUT2D eigenvalue weighted by atomic mass is 15.3. The van der Waals surface area contributed by atoms with Crippen molar-refractivity contribution in [1.29, 1.82) is 0 Å². The molecule has 0 spiro atoms. The van der Waals surface area contributed by atoms with E-state index in [0.29, 0.717) is 6.17 Å². The highest BCUT2D eigenvalue weighted by Gasteiger charge is 2.25. The third kappa shape index (κ3) is 2.23. The highest BCUT2D eigenvalue weighted by Crippen LogP contribution is 2.24. The maximum Gasteiger partial charge on any atom is 0.0597 e. The van der Waals surface area contributed by atoms with Crippen molar-refractivity contribution < 1.29 is 0 Å². The lowest BCUT2D eigenvalue weighted by Gasteiger charge is -2.35. The molecule has 1 heterocycles. The minimum atomic E-state index is 0.683. The van der Waals surface area contributed by atoms with Crippen molar-refractivity contribution in [2.75, 3.05) is 13.6 Å². The molecule has 76 valence electrons. The summed E-state index contributed by atoms with van der Waals surface area (Å²) in [5.74, 6) is 0. The molecule has 2 heteroatoms. The Morgan fingerprint density at radius 1 is 1.00 bits per heavy atom. The van der Waals surface area contributed by atoms with Gasteiger partial charge in [0, 0.05) is 6.04 Å². The quantitative estimate of drug-likeness (QED) is 0.702. The van der Waals surface area contributed by atoms with Gasteiger partial charge in [-0.25, -0.2) is 0 Å². The van der Waals surface area contributed by atoms with E-state index in [1.807, 2.05) is 0 Å². The largest absolute Gasteiger partial charge is 0.302 e. The summed E-state index contributed by atoms with van der Waals surface area (Å²) in [5, 5.41) is 3.58. The van der Waals surface area contributed by atoms with Gasteiger partial charge in [-0.1, -0.05) is 19.3 Å². The predicted octanol–water partition coefficient (Wildman–Crippen LogP) is 1.96. The molecule has 2 aliphatic rings. The fourth-order valence-electron chi connectivity index (χ4n) is 2.76. The second-order valence-electron chi connectivity index (χ2n) is 4.57. The van der Waals surface area contributed by atoms with Crippen molar-refractivity contribution >= 4 is 0 Å². The fraction of sp³-hybridized carbons (Fsp3) is 1.00. The lowest BCUT2D eigenvalue weighted by molar-refractivity contribution is 0.127. The van der Waals surface area contributed by atoms with Gasteiger partial charge in [0.05, 0.1) is 6.17 Å². The summed E-state index contributed by atoms with van der Waals surface area (Å²) in [5.41, 5.74) is 0. The SMILES string of the molecule is CN(C1CCCCC1)[C@@H]1CCCN1. The molecule has 1 saturated heterocycles. The van der Waals surface area contributed by atoms with Crippen LogP contribution in [0, 0.1) is 0 Å². The topological polar surface area (TPSA) is 15.3 Å². The Labute approximate surface area is 81.7 Å². The first-order chi connectivity index (χ1) is 6.38. The molecule has 1 N–H and O–H groups in total. The summed E-state index contributed by atoms with van der Waals surface area (Å²) < 4.78 is 0. The van der Waals surface area contributed by atoms with Gasteiger partial charge in [-0.3, -0.25) is 4.90 Å². The molecule has 13 heavy (non-hydrogen) atoms. The predicted molar refractivity (Wildman–Crippen MR) is 55.7 cm³/mol. The third-order valence-electron chi connectivity index (χ3n) is 3.68. The highest BCUT2D eigenvalue weighted by molar-refractivity contribution is 4.81. The molecule has 1 atom stereocenters. The summed E-state index contributed by atoms with van der Waals surface area (Å²) in [4.78, 5) is 2.59. The molecule has 0 radical (unpaired) electrons. The van der Waals surface area contributed by atoms with Crippen LogP contribution in [0.2, 0.25) is 0 Å². The molecule has 2 rings (SSSR count). The van der Waals surface area contributed by atoms with Crippen molar-refractivity contribution in [3.05, 3.63) is 0 Å². The van der Waals surface area contributed by atoms with E-state index in [1.165, 1.54) is 51.5 Å². The smallest absolute Gasteiger partial charge is 0.0597 e. The van der Waals surface area contributed by atoms with Gasteiger partial charge in [-0.05, 0) is 39.3 Å². The van der Waals surface area contributed by atoms with Crippen LogP contribution in [0.15, 0.2) is 0 Å². The Balaban J connectivity index is 1.83. The van der Waals surface area contributed by atoms with E-state index in [9.17, 15) is 0 Å². The van der Waals surface area contributed by atoms with Gasteiger partial charge in [0.2, 0.25) is 0 Å². The molecule has 0 unspecified atom stereocenters. The molecule has 0 aromatic rings. The Morgan fingerprint density at radius 3 is 2.38 bits per heavy atom. The van der Waals surface area contributed by atoms with Gasteiger partial charge in [0.15, 0.2) is 0 Å². The van der Waals surface area contributed by atoms with Crippen LogP contribution in [-0.2, 0) is 0 Å². The standard InChI is InChI=1S/C11H22N2/c1-13(11-8-5-9-12-11)10-6-3-2-4-7-10/h10-12H,2-9H2,1H3/t11-/m1/s1. The van der Waals surface area contributed by atoms with Crippen LogP contribution in [0.25, 0.3) is 0 Å². The van der Waals surface area contributed by atoms with Crippen LogP contribution < -0.4 is 5.32 Å². The van der Waals surface area contributed by atoms with Crippen molar-refractivity contribution in [3.63, 3.8) is 0 Å². The first-order valence-electron chi connectivity index (χ1n) is 5.83. The maximum absolute atomic E-state index is 3.58. The van der Waals surface area contributed by atoms with Gasteiger partial charge in [-0.2, -0.15) is 0 Å². The van der Waals surface area contributed by atoms with E-state index in [4.69, 9.17) is 0 Å². The van der Waals surface area contributed by atoms with E-state index in [-0.39, 0.29) is 0 Å². The van der Waals surface area contributed by atoms with Gasteiger partial charge in [0.1, 0.15) is 0 Å². The molecular weight excluding hydrogens is 160 g/mol. The Kier molecular flexibility index (Phi) is 3.23. The van der Waals surface area contributed by atoms with E-state index < -0.39 is 0 Å². The lowest BCUT2D eigenvalue weighted by Crippen LogP contribution is -2.46. The molecule has 2 fully saturated rings. The molecule has 0 amide bonds. The first kappa shape index (κ1) is 9.47. The normalized spacial score (nSPS) is 31.4. The molecule has 0 bridgehead atoms. The van der Waals surface area contributed by atoms with Crippen LogP contribution in [-0.4, -0.2) is 30.7 Å². The summed E-state index contributed by atoms with van der Waals surface area (Å²) in [6, 6.07) is 0.865. The number of hydrogen-bond donors (Lipinski definition) is 1. The van der Waals surface area contributed by atoms with Crippen molar-refractivity contribution in [1.82, 2.24) is 10.2 Å². The molecule has 0 aromatic heterocycles. The average molecular weight is 182 g/mol. The molecule has 1 saturated carbocycles. The monoisotopic (exact) mass is 182 g/mol. The minimum absolute atomic E-state index is 0.683. The van der Waals surface area contributed by atoms with Crippen LogP contribution in [0.1, 0.15) is 44.9 Å². The number of nitrogens with zero attached hydrogens (tertiary/aromatic N) is 1. The van der Waals surface area contributed by atoms with Crippen LogP contribution >= 0.6 is 0 Å². The van der Waals surface area contributed by atoms with E-state index in [0.717, 1.165) is 6.04 Å². The molecule has 0 aromatic carbocycles. The zero-order chi connectivity index (χ0) is 9.10. The molecular formula is C11H22N2. The summed E-state index contributed by atoms with van der Waals surface area (Å²) >= 11 is 0. The van der Waals surface area contributed by atoms with Crippen molar-refractivity contribution in [3.8, 4) is 0 Å². The Bertz CT molecular complexity index is 146. The van der Waals surface area contributed by atoms with E-state index in [2.05, 4.69) is 17.3 Å². The van der Waals surface area contributed by atoms with Crippen LogP contribution in [0.5, 0.6) is 0 Å². The Morgan fingerprint density at radius 2 is 1.77 bits per heavy atom. The van der Waals surface area contributed by atoms with Crippen LogP contribution in [0.3, 0.4) is 0 Å². The van der Waals surface area contributed by atoms with Gasteiger partial charge in [0.25, 0.3) is 0 Å². The molecule has 1 aliphatic heterocycles. The van der Waals surface area contributed by atoms with E-state index >= 15 is 0 Å². The summed E-state index contributed by atoms with van der Waals surface area (Å²) in [6.07, 6.45) is 10.6. The summed E-state index contributed by atoms with van der Waals surface area (Å²) in [7, 11) is 2.30.